The zero-order valence-electron chi connectivity index (χ0n) is 11.6. The minimum Gasteiger partial charge on any atom is -0.444 e. The fourth-order valence-electron chi connectivity index (χ4n) is 2.05. The van der Waals surface area contributed by atoms with Crippen molar-refractivity contribution in [1.82, 2.24) is 4.90 Å². The van der Waals surface area contributed by atoms with Crippen molar-refractivity contribution in [1.29, 1.82) is 0 Å². The Hall–Kier alpha value is -1.95. The molecular weight excluding hydrogens is 238 g/mol. The first-order chi connectivity index (χ1) is 8.89. The molecule has 0 radical (unpaired) electrons. The molecule has 1 fully saturated rings. The maximum absolute atomic E-state index is 11.8. The normalized spacial score (nSPS) is 15.6. The number of benzene rings is 1. The maximum Gasteiger partial charge on any atom is 0.410 e. The number of nitrogens with zero attached hydrogens (tertiary/aromatic N) is 1. The molecule has 0 bridgehead atoms. The Labute approximate surface area is 114 Å². The number of carbonyl (C=O) groups excluding carboxylic acids is 1. The lowest BCUT2D eigenvalue weighted by Gasteiger charge is -2.40. The van der Waals surface area contributed by atoms with Gasteiger partial charge in [0.05, 0.1) is 0 Å². The lowest BCUT2D eigenvalue weighted by atomic mass is 9.91. The highest BCUT2D eigenvalue weighted by molar-refractivity contribution is 5.69. The molecule has 3 nitrogen and oxygen atoms in total. The molecule has 2 rings (SSSR count). The van der Waals surface area contributed by atoms with Crippen molar-refractivity contribution in [3.63, 3.8) is 0 Å². The van der Waals surface area contributed by atoms with Crippen LogP contribution >= 0.6 is 0 Å². The van der Waals surface area contributed by atoms with Gasteiger partial charge in [0.2, 0.25) is 0 Å². The summed E-state index contributed by atoms with van der Waals surface area (Å²) in [5, 5.41) is 0. The first-order valence-corrected chi connectivity index (χ1v) is 6.43. The van der Waals surface area contributed by atoms with Gasteiger partial charge in [0.1, 0.15) is 5.60 Å². The number of hydrogen-bond donors (Lipinski definition) is 0. The molecular formula is C16H19NO2. The molecule has 100 valence electrons. The third kappa shape index (κ3) is 3.29. The second-order valence-corrected chi connectivity index (χ2v) is 5.85. The number of amides is 1. The maximum atomic E-state index is 11.8. The van der Waals surface area contributed by atoms with Crippen LogP contribution in [0.25, 0.3) is 0 Å². The highest BCUT2D eigenvalue weighted by atomic mass is 16.6. The van der Waals surface area contributed by atoms with Crippen molar-refractivity contribution >= 4 is 6.09 Å². The summed E-state index contributed by atoms with van der Waals surface area (Å²) >= 11 is 0. The van der Waals surface area contributed by atoms with Crippen LogP contribution in [-0.4, -0.2) is 29.7 Å². The van der Waals surface area contributed by atoms with Gasteiger partial charge in [-0.2, -0.15) is 0 Å². The van der Waals surface area contributed by atoms with Crippen LogP contribution in [0.2, 0.25) is 0 Å². The third-order valence-corrected chi connectivity index (χ3v) is 3.06. The van der Waals surface area contributed by atoms with Crippen molar-refractivity contribution in [2.45, 2.75) is 32.3 Å². The van der Waals surface area contributed by atoms with Crippen molar-refractivity contribution < 1.29 is 9.53 Å². The number of carbonyl (C=O) groups is 1. The molecule has 0 atom stereocenters. The van der Waals surface area contributed by atoms with Crippen LogP contribution in [0.1, 0.15) is 37.8 Å². The van der Waals surface area contributed by atoms with Gasteiger partial charge in [0.15, 0.2) is 0 Å². The number of likely N-dealkylation sites (tertiary alicyclic amines) is 1. The first kappa shape index (κ1) is 13.5. The minimum absolute atomic E-state index is 0.239. The molecule has 19 heavy (non-hydrogen) atoms. The minimum atomic E-state index is -0.439. The smallest absolute Gasteiger partial charge is 0.410 e. The van der Waals surface area contributed by atoms with Crippen molar-refractivity contribution in [3.05, 3.63) is 35.4 Å². The van der Waals surface area contributed by atoms with Gasteiger partial charge in [-0.3, -0.25) is 0 Å². The van der Waals surface area contributed by atoms with E-state index in [0.717, 1.165) is 5.56 Å². The van der Waals surface area contributed by atoms with Crippen LogP contribution in [0.3, 0.4) is 0 Å². The Balaban J connectivity index is 1.93. The largest absolute Gasteiger partial charge is 0.444 e. The zero-order valence-corrected chi connectivity index (χ0v) is 11.6. The van der Waals surface area contributed by atoms with E-state index in [1.165, 1.54) is 5.56 Å². The molecule has 3 heteroatoms. The van der Waals surface area contributed by atoms with Gasteiger partial charge in [0, 0.05) is 24.6 Å². The Kier molecular flexibility index (Phi) is 3.53. The summed E-state index contributed by atoms with van der Waals surface area (Å²) in [6, 6.07) is 7.93. The highest BCUT2D eigenvalue weighted by Gasteiger charge is 2.34. The van der Waals surface area contributed by atoms with Crippen LogP contribution in [-0.2, 0) is 4.74 Å². The first-order valence-electron chi connectivity index (χ1n) is 6.43. The molecule has 1 aromatic rings. The van der Waals surface area contributed by atoms with E-state index in [9.17, 15) is 4.79 Å². The van der Waals surface area contributed by atoms with E-state index >= 15 is 0 Å². The number of terminal acetylenes is 1. The summed E-state index contributed by atoms with van der Waals surface area (Å²) in [4.78, 5) is 13.5. The molecule has 0 saturated carbocycles. The molecule has 0 N–H and O–H groups in total. The van der Waals surface area contributed by atoms with Gasteiger partial charge in [-0.25, -0.2) is 4.79 Å². The van der Waals surface area contributed by atoms with Gasteiger partial charge in [-0.15, -0.1) is 6.42 Å². The molecule has 1 heterocycles. The van der Waals surface area contributed by atoms with Crippen LogP contribution in [0.5, 0.6) is 0 Å². The molecule has 1 saturated heterocycles. The quantitative estimate of drug-likeness (QED) is 0.724. The highest BCUT2D eigenvalue weighted by Crippen LogP contribution is 2.28. The van der Waals surface area contributed by atoms with Crippen LogP contribution in [0.15, 0.2) is 24.3 Å². The zero-order chi connectivity index (χ0) is 14.0. The lowest BCUT2D eigenvalue weighted by molar-refractivity contribution is 0.00820. The number of hydrogen-bond acceptors (Lipinski definition) is 2. The number of rotatable bonds is 1. The van der Waals surface area contributed by atoms with E-state index in [0.29, 0.717) is 19.0 Å². The Bertz CT molecular complexity index is 516. The average Bonchev–Trinajstić information content (AvgIpc) is 2.25. The van der Waals surface area contributed by atoms with E-state index in [4.69, 9.17) is 11.2 Å². The molecule has 1 aliphatic heterocycles. The van der Waals surface area contributed by atoms with Gasteiger partial charge >= 0.3 is 6.09 Å². The fraction of sp³-hybridized carbons (Fsp3) is 0.438. The summed E-state index contributed by atoms with van der Waals surface area (Å²) in [5.74, 6) is 2.99. The monoisotopic (exact) mass is 257 g/mol. The summed E-state index contributed by atoms with van der Waals surface area (Å²) in [6.07, 6.45) is 5.15. The fourth-order valence-corrected chi connectivity index (χ4v) is 2.05. The van der Waals surface area contributed by atoms with Gasteiger partial charge in [-0.05, 0) is 38.5 Å². The summed E-state index contributed by atoms with van der Waals surface area (Å²) in [7, 11) is 0. The van der Waals surface area contributed by atoms with E-state index in [1.54, 1.807) is 4.90 Å². The lowest BCUT2D eigenvalue weighted by Crippen LogP contribution is -2.50. The van der Waals surface area contributed by atoms with Gasteiger partial charge in [0.25, 0.3) is 0 Å². The molecule has 1 aromatic carbocycles. The molecule has 1 aliphatic rings. The number of ether oxygens (including phenoxy) is 1. The van der Waals surface area contributed by atoms with Gasteiger partial charge < -0.3 is 9.64 Å². The Morgan fingerprint density at radius 1 is 1.42 bits per heavy atom. The second kappa shape index (κ2) is 4.97. The van der Waals surface area contributed by atoms with Crippen LogP contribution in [0.4, 0.5) is 4.79 Å². The predicted octanol–water partition coefficient (Wildman–Crippen LogP) is 3.00. The van der Waals surface area contributed by atoms with Gasteiger partial charge in [-0.1, -0.05) is 18.1 Å². The van der Waals surface area contributed by atoms with Crippen molar-refractivity contribution in [2.24, 2.45) is 0 Å². The van der Waals surface area contributed by atoms with Crippen molar-refractivity contribution in [2.75, 3.05) is 13.1 Å². The van der Waals surface area contributed by atoms with Crippen molar-refractivity contribution in [3.8, 4) is 12.3 Å². The van der Waals surface area contributed by atoms with Crippen LogP contribution < -0.4 is 0 Å². The van der Waals surface area contributed by atoms with E-state index < -0.39 is 5.60 Å². The average molecular weight is 257 g/mol. The SMILES string of the molecule is C#Cc1cccc(C2CN(C(=O)OC(C)(C)C)C2)c1. The Morgan fingerprint density at radius 3 is 2.68 bits per heavy atom. The predicted molar refractivity (Wildman–Crippen MR) is 74.9 cm³/mol. The summed E-state index contributed by atoms with van der Waals surface area (Å²) in [5.41, 5.74) is 1.63. The topological polar surface area (TPSA) is 29.5 Å². The molecule has 0 aliphatic carbocycles. The molecule has 0 unspecified atom stereocenters. The van der Waals surface area contributed by atoms with E-state index in [-0.39, 0.29) is 6.09 Å². The molecule has 0 spiro atoms. The van der Waals surface area contributed by atoms with Crippen LogP contribution in [0, 0.1) is 12.3 Å². The van der Waals surface area contributed by atoms with E-state index in [1.807, 2.05) is 39.0 Å². The van der Waals surface area contributed by atoms with E-state index in [2.05, 4.69) is 12.0 Å². The molecule has 1 amide bonds. The molecule has 0 aromatic heterocycles. The Morgan fingerprint density at radius 2 is 2.11 bits per heavy atom. The summed E-state index contributed by atoms with van der Waals surface area (Å²) < 4.78 is 5.33. The third-order valence-electron chi connectivity index (χ3n) is 3.06. The second-order valence-electron chi connectivity index (χ2n) is 5.85. The summed E-state index contributed by atoms with van der Waals surface area (Å²) in [6.45, 7) is 7.02. The standard InChI is InChI=1S/C16H19NO2/c1-5-12-7-6-8-13(9-12)14-10-17(11-14)15(18)19-16(2,3)4/h1,6-9,14H,10-11H2,2-4H3.